The molecule has 0 saturated heterocycles. The van der Waals surface area contributed by atoms with Crippen molar-refractivity contribution in [1.29, 1.82) is 0 Å². The van der Waals surface area contributed by atoms with Crippen LogP contribution in [0.25, 0.3) is 22.3 Å². The molecule has 0 unspecified atom stereocenters. The summed E-state index contributed by atoms with van der Waals surface area (Å²) in [6.07, 6.45) is 12.1. The molecule has 5 heterocycles. The summed E-state index contributed by atoms with van der Waals surface area (Å²) in [5.74, 6) is 0. The smallest absolute Gasteiger partial charge is 0.657 e. The Morgan fingerprint density at radius 2 is 0.900 bits per heavy atom. The summed E-state index contributed by atoms with van der Waals surface area (Å²) in [6.45, 7) is 0. The molecular formula is C45H30N4Ni. The van der Waals surface area contributed by atoms with Gasteiger partial charge in [-0.15, -0.1) is 16.3 Å². The second-order valence-corrected chi connectivity index (χ2v) is 12.2. The summed E-state index contributed by atoms with van der Waals surface area (Å²) in [6, 6.07) is 48.3. The van der Waals surface area contributed by atoms with E-state index in [1.807, 2.05) is 24.3 Å². The van der Waals surface area contributed by atoms with Crippen LogP contribution < -0.4 is 15.7 Å². The molecule has 9 rings (SSSR count). The molecule has 0 spiro atoms. The van der Waals surface area contributed by atoms with Crippen molar-refractivity contribution >= 4 is 33.7 Å². The molecule has 2 aromatic heterocycles. The monoisotopic (exact) mass is 684 g/mol. The Bertz CT molecular complexity index is 2560. The standard InChI is InChI=1S/C45H30N4.Ni/c1-49-29-34-28-41(49)45(33-20-12-5-13-21-33)40-27-26-39(48-40)44(32-18-10-4-11-19-32)38-25-24-37(47-38)43(31-16-8-3-9-17-31)36-23-22-35(46-36)42(34)30-14-6-2-7-15-30;/h2-28H,1H3;/q-2;+2. The molecule has 3 aliphatic heterocycles. The summed E-state index contributed by atoms with van der Waals surface area (Å²) < 4.78 is 2.09. The summed E-state index contributed by atoms with van der Waals surface area (Å²) in [7, 11) is 2.06. The van der Waals surface area contributed by atoms with Crippen molar-refractivity contribution < 1.29 is 16.5 Å². The summed E-state index contributed by atoms with van der Waals surface area (Å²) in [5, 5.41) is 1.76. The fourth-order valence-electron chi connectivity index (χ4n) is 6.94. The van der Waals surface area contributed by atoms with Crippen molar-refractivity contribution in [3.05, 3.63) is 226 Å². The van der Waals surface area contributed by atoms with Gasteiger partial charge < -0.3 is 9.55 Å². The fourth-order valence-corrected chi connectivity index (χ4v) is 6.94. The number of benzene rings is 4. The third-order valence-corrected chi connectivity index (χ3v) is 9.16. The number of allylic oxidation sites excluding steroid dienone is 5. The van der Waals surface area contributed by atoms with Gasteiger partial charge in [0.2, 0.25) is 0 Å². The van der Waals surface area contributed by atoms with E-state index >= 15 is 0 Å². The molecule has 0 fully saturated rings. The van der Waals surface area contributed by atoms with E-state index in [9.17, 15) is 0 Å². The zero-order chi connectivity index (χ0) is 32.7. The Kier molecular flexibility index (Phi) is 8.20. The van der Waals surface area contributed by atoms with Crippen LogP contribution in [0.2, 0.25) is 0 Å². The average molecular weight is 685 g/mol. The van der Waals surface area contributed by atoms with Crippen LogP contribution in [0, 0.1) is 6.20 Å². The molecule has 50 heavy (non-hydrogen) atoms. The van der Waals surface area contributed by atoms with Crippen molar-refractivity contribution in [2.75, 3.05) is 0 Å². The molecular weight excluding hydrogens is 655 g/mol. The Balaban J connectivity index is 0.00000361. The first kappa shape index (κ1) is 31.3. The van der Waals surface area contributed by atoms with Crippen LogP contribution in [-0.4, -0.2) is 16.0 Å². The summed E-state index contributed by atoms with van der Waals surface area (Å²) in [5.41, 5.74) is 13.8. The molecule has 3 aliphatic rings. The fraction of sp³-hybridized carbons (Fsp3) is 0.0222. The van der Waals surface area contributed by atoms with E-state index in [-0.39, 0.29) is 16.5 Å². The molecule has 0 atom stereocenters. The quantitative estimate of drug-likeness (QED) is 0.141. The van der Waals surface area contributed by atoms with Gasteiger partial charge in [0.05, 0.1) is 17.1 Å². The first-order valence-electron chi connectivity index (χ1n) is 16.4. The van der Waals surface area contributed by atoms with Gasteiger partial charge in [-0.05, 0) is 53.6 Å². The third-order valence-electron chi connectivity index (χ3n) is 9.16. The number of hydrogen-bond acceptors (Lipinski definition) is 2. The van der Waals surface area contributed by atoms with Crippen molar-refractivity contribution in [2.24, 2.45) is 17.0 Å². The van der Waals surface area contributed by atoms with E-state index in [0.717, 1.165) is 89.3 Å². The molecule has 0 radical (unpaired) electrons. The Morgan fingerprint density at radius 3 is 1.44 bits per heavy atom. The second-order valence-electron chi connectivity index (χ2n) is 12.2. The third kappa shape index (κ3) is 5.52. The Morgan fingerprint density at radius 1 is 0.480 bits per heavy atom. The Hall–Kier alpha value is -6.03. The van der Waals surface area contributed by atoms with Gasteiger partial charge in [0.1, 0.15) is 0 Å². The maximum atomic E-state index is 5.36. The summed E-state index contributed by atoms with van der Waals surface area (Å²) in [4.78, 5) is 16.0. The molecule has 5 heteroatoms. The molecule has 0 aliphatic carbocycles. The minimum Gasteiger partial charge on any atom is -0.657 e. The molecule has 0 amide bonds. The van der Waals surface area contributed by atoms with Gasteiger partial charge in [0.25, 0.3) is 0 Å². The maximum absolute atomic E-state index is 5.36. The van der Waals surface area contributed by atoms with Crippen LogP contribution in [0.3, 0.4) is 0 Å². The van der Waals surface area contributed by atoms with Crippen molar-refractivity contribution in [3.8, 4) is 0 Å². The zero-order valence-corrected chi connectivity index (χ0v) is 28.2. The number of fused-ring (bicyclic) bond motifs is 6. The van der Waals surface area contributed by atoms with E-state index in [2.05, 4.69) is 157 Å². The predicted octanol–water partition coefficient (Wildman–Crippen LogP) is 7.43. The minimum absolute atomic E-state index is 0. The zero-order valence-electron chi connectivity index (χ0n) is 27.2. The normalized spacial score (nSPS) is 15.0. The number of rotatable bonds is 4. The molecule has 0 N–H and O–H groups in total. The minimum atomic E-state index is 0. The van der Waals surface area contributed by atoms with Crippen LogP contribution in [-0.2, 0) is 23.5 Å². The van der Waals surface area contributed by atoms with E-state index in [1.165, 1.54) is 0 Å². The Labute approximate surface area is 301 Å². The van der Waals surface area contributed by atoms with Gasteiger partial charge in [0, 0.05) is 11.3 Å². The molecule has 6 aromatic rings. The van der Waals surface area contributed by atoms with E-state index < -0.39 is 0 Å². The number of aliphatic imine (C=N–C) groups is 2. The molecule has 240 valence electrons. The number of hydrogen-bond donors (Lipinski definition) is 0. The average Bonchev–Trinajstić information content (AvgIpc) is 3.98. The van der Waals surface area contributed by atoms with Crippen LogP contribution in [0.5, 0.6) is 0 Å². The first-order valence-corrected chi connectivity index (χ1v) is 16.4. The van der Waals surface area contributed by atoms with E-state index in [0.29, 0.717) is 0 Å². The van der Waals surface area contributed by atoms with Gasteiger partial charge in [-0.2, -0.15) is 6.07 Å². The van der Waals surface area contributed by atoms with Crippen molar-refractivity contribution in [1.82, 2.24) is 9.55 Å². The van der Waals surface area contributed by atoms with E-state index in [1.54, 1.807) is 0 Å². The van der Waals surface area contributed by atoms with Crippen molar-refractivity contribution in [3.63, 3.8) is 0 Å². The van der Waals surface area contributed by atoms with Gasteiger partial charge in [0.15, 0.2) is 0 Å². The number of aryl methyl sites for hydroxylation is 1. The molecule has 4 nitrogen and oxygen atoms in total. The van der Waals surface area contributed by atoms with Gasteiger partial charge in [-0.25, -0.2) is 4.99 Å². The maximum Gasteiger partial charge on any atom is 2.00 e. The number of nitrogens with zero attached hydrogens (tertiary/aromatic N) is 4. The van der Waals surface area contributed by atoms with Gasteiger partial charge >= 0.3 is 16.5 Å². The predicted molar refractivity (Wildman–Crippen MR) is 199 cm³/mol. The van der Waals surface area contributed by atoms with Crippen molar-refractivity contribution in [2.45, 2.75) is 0 Å². The van der Waals surface area contributed by atoms with Crippen LogP contribution in [0.1, 0.15) is 33.5 Å². The van der Waals surface area contributed by atoms with Crippen LogP contribution in [0.4, 0.5) is 0 Å². The molecule has 8 bridgehead atoms. The SMILES string of the molecule is Cn1[c-]c2cc1C(c1ccccc1)=c1ccc([n-]1)=C(c1ccccc1)C1=NC(=C(c3ccccc3)C3=NC(=C2c2ccccc2)C=C3)C=C1.[Ni+2]. The second kappa shape index (κ2) is 13.1. The topological polar surface area (TPSA) is 43.8 Å². The van der Waals surface area contributed by atoms with Gasteiger partial charge in [-0.3, -0.25) is 4.99 Å². The summed E-state index contributed by atoms with van der Waals surface area (Å²) >= 11 is 0. The molecule has 0 saturated carbocycles. The largest absolute Gasteiger partial charge is 2.00 e. The first-order chi connectivity index (χ1) is 24.2. The van der Waals surface area contributed by atoms with E-state index in [4.69, 9.17) is 15.0 Å². The van der Waals surface area contributed by atoms with Gasteiger partial charge in [-0.1, -0.05) is 162 Å². The molecule has 4 aromatic carbocycles. The van der Waals surface area contributed by atoms with Crippen LogP contribution in [0.15, 0.2) is 185 Å². The number of aromatic nitrogens is 2. The van der Waals surface area contributed by atoms with Crippen LogP contribution >= 0.6 is 0 Å².